The van der Waals surface area contributed by atoms with Crippen molar-refractivity contribution in [3.8, 4) is 5.75 Å². The summed E-state index contributed by atoms with van der Waals surface area (Å²) < 4.78 is 5.71. The number of guanidine groups is 1. The predicted octanol–water partition coefficient (Wildman–Crippen LogP) is 3.55. The second kappa shape index (κ2) is 13.4. The Hall–Kier alpha value is -1.24. The third-order valence-electron chi connectivity index (χ3n) is 2.93. The highest BCUT2D eigenvalue weighted by Crippen LogP contribution is 2.07. The first kappa shape index (κ1) is 20.8. The van der Waals surface area contributed by atoms with Crippen LogP contribution in [0, 0.1) is 0 Å². The second-order valence-corrected chi connectivity index (χ2v) is 4.68. The van der Waals surface area contributed by atoms with Gasteiger partial charge in [0.15, 0.2) is 5.96 Å². The van der Waals surface area contributed by atoms with Crippen molar-refractivity contribution in [2.45, 2.75) is 20.3 Å². The number of aliphatic imine (C=N–C) groups is 1. The van der Waals surface area contributed by atoms with E-state index in [2.05, 4.69) is 34.3 Å². The van der Waals surface area contributed by atoms with Crippen molar-refractivity contribution in [2.75, 3.05) is 33.3 Å². The van der Waals surface area contributed by atoms with Crippen LogP contribution in [0.1, 0.15) is 20.3 Å². The molecular formula is C17H28IN3O. The molecule has 124 valence electrons. The standard InChI is InChI=1S/C17H27N3O.HI/c1-4-6-10-13-19-17(18-5-2)20(3)14-15-21-16-11-8-7-9-12-16;/h4,6-9,11-12H,5,10,13-15H2,1-3H3,(H,18,19);1H/b6-4+;. The van der Waals surface area contributed by atoms with Crippen molar-refractivity contribution in [1.82, 2.24) is 10.2 Å². The van der Waals surface area contributed by atoms with Crippen molar-refractivity contribution in [2.24, 2.45) is 4.99 Å². The molecule has 0 aliphatic heterocycles. The highest BCUT2D eigenvalue weighted by atomic mass is 127. The number of nitrogens with zero attached hydrogens (tertiary/aromatic N) is 2. The van der Waals surface area contributed by atoms with Gasteiger partial charge in [0, 0.05) is 20.1 Å². The van der Waals surface area contributed by atoms with Crippen molar-refractivity contribution in [3.63, 3.8) is 0 Å². The lowest BCUT2D eigenvalue weighted by atomic mass is 10.3. The zero-order valence-electron chi connectivity index (χ0n) is 13.8. The number of rotatable bonds is 8. The predicted molar refractivity (Wildman–Crippen MR) is 105 cm³/mol. The lowest BCUT2D eigenvalue weighted by molar-refractivity contribution is 0.281. The van der Waals surface area contributed by atoms with Crippen LogP contribution in [0.25, 0.3) is 0 Å². The van der Waals surface area contributed by atoms with Crippen molar-refractivity contribution >= 4 is 29.9 Å². The van der Waals surface area contributed by atoms with E-state index in [1.165, 1.54) is 0 Å². The quantitative estimate of drug-likeness (QED) is 0.231. The molecule has 4 nitrogen and oxygen atoms in total. The number of likely N-dealkylation sites (N-methyl/N-ethyl adjacent to an activating group) is 1. The van der Waals surface area contributed by atoms with E-state index in [-0.39, 0.29) is 24.0 Å². The summed E-state index contributed by atoms with van der Waals surface area (Å²) in [6, 6.07) is 9.88. The molecule has 0 fully saturated rings. The average Bonchev–Trinajstić information content (AvgIpc) is 2.51. The normalized spacial score (nSPS) is 11.1. The fourth-order valence-electron chi connectivity index (χ4n) is 1.80. The largest absolute Gasteiger partial charge is 0.492 e. The number of nitrogens with one attached hydrogen (secondary N) is 1. The molecule has 1 aromatic carbocycles. The molecule has 0 atom stereocenters. The van der Waals surface area contributed by atoms with Gasteiger partial charge in [0.2, 0.25) is 0 Å². The summed E-state index contributed by atoms with van der Waals surface area (Å²) in [5.74, 6) is 1.83. The van der Waals surface area contributed by atoms with Gasteiger partial charge in [-0.05, 0) is 32.4 Å². The highest BCUT2D eigenvalue weighted by molar-refractivity contribution is 14.0. The van der Waals surface area contributed by atoms with Gasteiger partial charge in [-0.15, -0.1) is 24.0 Å². The molecule has 0 heterocycles. The molecule has 0 aliphatic carbocycles. The van der Waals surface area contributed by atoms with Crippen LogP contribution in [0.2, 0.25) is 0 Å². The maximum absolute atomic E-state index is 5.71. The third kappa shape index (κ3) is 8.92. The molecule has 0 saturated heterocycles. The van der Waals surface area contributed by atoms with Crippen LogP contribution in [-0.2, 0) is 0 Å². The molecule has 5 heteroatoms. The van der Waals surface area contributed by atoms with E-state index in [4.69, 9.17) is 4.74 Å². The molecule has 1 aromatic rings. The van der Waals surface area contributed by atoms with E-state index < -0.39 is 0 Å². The Bertz CT molecular complexity index is 435. The molecule has 0 radical (unpaired) electrons. The fourth-order valence-corrected chi connectivity index (χ4v) is 1.80. The van der Waals surface area contributed by atoms with E-state index in [1.54, 1.807) is 0 Å². The van der Waals surface area contributed by atoms with Crippen LogP contribution >= 0.6 is 24.0 Å². The summed E-state index contributed by atoms with van der Waals surface area (Å²) in [6.45, 7) is 7.21. The molecule has 0 aliphatic rings. The Labute approximate surface area is 151 Å². The van der Waals surface area contributed by atoms with Crippen LogP contribution in [0.5, 0.6) is 5.75 Å². The lowest BCUT2D eigenvalue weighted by Crippen LogP contribution is -2.41. The van der Waals surface area contributed by atoms with Crippen LogP contribution in [0.4, 0.5) is 0 Å². The molecule has 22 heavy (non-hydrogen) atoms. The summed E-state index contributed by atoms with van der Waals surface area (Å²) in [4.78, 5) is 6.70. The molecule has 1 N–H and O–H groups in total. The summed E-state index contributed by atoms with van der Waals surface area (Å²) in [7, 11) is 2.03. The highest BCUT2D eigenvalue weighted by Gasteiger charge is 2.05. The monoisotopic (exact) mass is 417 g/mol. The van der Waals surface area contributed by atoms with Gasteiger partial charge in [0.25, 0.3) is 0 Å². The number of ether oxygens (including phenoxy) is 1. The van der Waals surface area contributed by atoms with Crippen molar-refractivity contribution in [3.05, 3.63) is 42.5 Å². The zero-order chi connectivity index (χ0) is 15.3. The smallest absolute Gasteiger partial charge is 0.193 e. The summed E-state index contributed by atoms with van der Waals surface area (Å²) in [6.07, 6.45) is 5.16. The number of hydrogen-bond acceptors (Lipinski definition) is 2. The molecule has 0 amide bonds. The van der Waals surface area contributed by atoms with Gasteiger partial charge in [-0.1, -0.05) is 30.4 Å². The van der Waals surface area contributed by atoms with E-state index in [0.717, 1.165) is 37.8 Å². The summed E-state index contributed by atoms with van der Waals surface area (Å²) in [5.41, 5.74) is 0. The maximum atomic E-state index is 5.71. The van der Waals surface area contributed by atoms with E-state index in [9.17, 15) is 0 Å². The minimum absolute atomic E-state index is 0. The summed E-state index contributed by atoms with van der Waals surface area (Å²) >= 11 is 0. The molecule has 0 saturated carbocycles. The lowest BCUT2D eigenvalue weighted by Gasteiger charge is -2.22. The van der Waals surface area contributed by atoms with Gasteiger partial charge in [0.05, 0.1) is 6.54 Å². The van der Waals surface area contributed by atoms with E-state index >= 15 is 0 Å². The molecule has 1 rings (SSSR count). The van der Waals surface area contributed by atoms with Crippen LogP contribution in [0.3, 0.4) is 0 Å². The number of benzene rings is 1. The van der Waals surface area contributed by atoms with Gasteiger partial charge < -0.3 is 15.0 Å². The number of allylic oxidation sites excluding steroid dienone is 1. The fraction of sp³-hybridized carbons (Fsp3) is 0.471. The third-order valence-corrected chi connectivity index (χ3v) is 2.93. The van der Waals surface area contributed by atoms with Gasteiger partial charge >= 0.3 is 0 Å². The number of para-hydroxylation sites is 1. The molecule has 0 aromatic heterocycles. The minimum Gasteiger partial charge on any atom is -0.492 e. The maximum Gasteiger partial charge on any atom is 0.193 e. The topological polar surface area (TPSA) is 36.9 Å². The first-order valence-corrected chi connectivity index (χ1v) is 7.56. The molecule has 0 unspecified atom stereocenters. The zero-order valence-corrected chi connectivity index (χ0v) is 16.1. The molecular weight excluding hydrogens is 389 g/mol. The van der Waals surface area contributed by atoms with Gasteiger partial charge in [-0.3, -0.25) is 4.99 Å². The van der Waals surface area contributed by atoms with Crippen molar-refractivity contribution in [1.29, 1.82) is 0 Å². The Balaban J connectivity index is 0.00000441. The van der Waals surface area contributed by atoms with E-state index in [1.807, 2.05) is 44.3 Å². The Kier molecular flexibility index (Phi) is 12.7. The van der Waals surface area contributed by atoms with Gasteiger partial charge in [0.1, 0.15) is 12.4 Å². The van der Waals surface area contributed by atoms with Crippen LogP contribution < -0.4 is 10.1 Å². The van der Waals surface area contributed by atoms with Gasteiger partial charge in [-0.25, -0.2) is 0 Å². The Morgan fingerprint density at radius 3 is 2.68 bits per heavy atom. The number of halogens is 1. The Morgan fingerprint density at radius 1 is 1.32 bits per heavy atom. The van der Waals surface area contributed by atoms with E-state index in [0.29, 0.717) is 6.61 Å². The second-order valence-electron chi connectivity index (χ2n) is 4.68. The van der Waals surface area contributed by atoms with Gasteiger partial charge in [-0.2, -0.15) is 0 Å². The summed E-state index contributed by atoms with van der Waals surface area (Å²) in [5, 5.41) is 3.30. The van der Waals surface area contributed by atoms with Crippen molar-refractivity contribution < 1.29 is 4.74 Å². The van der Waals surface area contributed by atoms with Crippen LogP contribution in [0.15, 0.2) is 47.5 Å². The number of hydrogen-bond donors (Lipinski definition) is 1. The molecule has 0 spiro atoms. The minimum atomic E-state index is 0. The molecule has 0 bridgehead atoms. The first-order chi connectivity index (χ1) is 10.3. The van der Waals surface area contributed by atoms with Crippen LogP contribution in [-0.4, -0.2) is 44.1 Å². The first-order valence-electron chi connectivity index (χ1n) is 7.56. The SMILES string of the molecule is C/C=C/CCN=C(NCC)N(C)CCOc1ccccc1.I. The Morgan fingerprint density at radius 2 is 2.05 bits per heavy atom. The average molecular weight is 417 g/mol.